The number of carbonyl (C=O) groups is 2. The molecule has 0 radical (unpaired) electrons. The van der Waals surface area contributed by atoms with Crippen LogP contribution in [0.5, 0.6) is 0 Å². The number of aryl methyl sites for hydroxylation is 1. The van der Waals surface area contributed by atoms with E-state index in [9.17, 15) is 9.59 Å². The summed E-state index contributed by atoms with van der Waals surface area (Å²) in [5, 5.41) is 5.38. The van der Waals surface area contributed by atoms with Gasteiger partial charge in [-0.1, -0.05) is 0 Å². The van der Waals surface area contributed by atoms with Gasteiger partial charge in [-0.15, -0.1) is 0 Å². The van der Waals surface area contributed by atoms with Crippen LogP contribution in [0.15, 0.2) is 34.9 Å². The molecule has 0 aliphatic rings. The molecule has 2 N–H and O–H groups in total. The van der Waals surface area contributed by atoms with Gasteiger partial charge in [0, 0.05) is 25.1 Å². The molecule has 1 aromatic heterocycles. The lowest BCUT2D eigenvalue weighted by molar-refractivity contribution is -0.114. The lowest BCUT2D eigenvalue weighted by Gasteiger charge is -2.05. The van der Waals surface area contributed by atoms with E-state index in [1.807, 2.05) is 0 Å². The second-order valence-electron chi connectivity index (χ2n) is 4.30. The van der Waals surface area contributed by atoms with Crippen LogP contribution in [0.4, 0.5) is 5.69 Å². The number of nitrogens with one attached hydrogen (secondary N) is 2. The Morgan fingerprint density at radius 2 is 1.95 bits per heavy atom. The highest BCUT2D eigenvalue weighted by molar-refractivity contribution is 5.95. The highest BCUT2D eigenvalue weighted by Gasteiger charge is 2.07. The molecule has 1 heterocycles. The van der Waals surface area contributed by atoms with E-state index in [4.69, 9.17) is 4.42 Å². The number of oxazole rings is 1. The zero-order chi connectivity index (χ0) is 14.5. The fourth-order valence-corrected chi connectivity index (χ4v) is 1.67. The van der Waals surface area contributed by atoms with Crippen molar-refractivity contribution in [2.45, 2.75) is 20.4 Å². The van der Waals surface area contributed by atoms with Gasteiger partial charge in [-0.2, -0.15) is 0 Å². The molecule has 0 atom stereocenters. The number of benzene rings is 1. The summed E-state index contributed by atoms with van der Waals surface area (Å²) in [6.45, 7) is 3.48. The molecule has 0 aliphatic heterocycles. The van der Waals surface area contributed by atoms with Crippen LogP contribution >= 0.6 is 0 Å². The van der Waals surface area contributed by atoms with Crippen LogP contribution in [0, 0.1) is 6.92 Å². The normalized spacial score (nSPS) is 10.1. The van der Waals surface area contributed by atoms with Gasteiger partial charge < -0.3 is 15.1 Å². The highest BCUT2D eigenvalue weighted by Crippen LogP contribution is 2.09. The summed E-state index contributed by atoms with van der Waals surface area (Å²) < 4.78 is 5.05. The van der Waals surface area contributed by atoms with Crippen molar-refractivity contribution in [2.75, 3.05) is 5.32 Å². The summed E-state index contributed by atoms with van der Waals surface area (Å²) in [6.07, 6.45) is 1.51. The van der Waals surface area contributed by atoms with Gasteiger partial charge in [0.25, 0.3) is 5.91 Å². The number of hydrogen-bond donors (Lipinski definition) is 2. The summed E-state index contributed by atoms with van der Waals surface area (Å²) in [5.41, 5.74) is 1.84. The summed E-state index contributed by atoms with van der Waals surface area (Å²) in [4.78, 5) is 26.9. The second-order valence-corrected chi connectivity index (χ2v) is 4.30. The highest BCUT2D eigenvalue weighted by atomic mass is 16.3. The lowest BCUT2D eigenvalue weighted by atomic mass is 10.2. The van der Waals surface area contributed by atoms with Crippen molar-refractivity contribution >= 4 is 17.5 Å². The van der Waals surface area contributed by atoms with Crippen molar-refractivity contribution in [2.24, 2.45) is 0 Å². The predicted octanol–water partition coefficient (Wildman–Crippen LogP) is 1.87. The third kappa shape index (κ3) is 3.68. The molecular formula is C14H15N3O3. The van der Waals surface area contributed by atoms with Gasteiger partial charge in [0.15, 0.2) is 5.89 Å². The molecule has 2 aromatic rings. The van der Waals surface area contributed by atoms with E-state index >= 15 is 0 Å². The van der Waals surface area contributed by atoms with E-state index in [0.29, 0.717) is 29.4 Å². The second kappa shape index (κ2) is 6.01. The van der Waals surface area contributed by atoms with Gasteiger partial charge in [-0.25, -0.2) is 4.98 Å². The van der Waals surface area contributed by atoms with Crippen molar-refractivity contribution in [1.29, 1.82) is 0 Å². The Kier molecular flexibility index (Phi) is 4.14. The number of aromatic nitrogens is 1. The molecule has 1 aromatic carbocycles. The Morgan fingerprint density at radius 1 is 1.25 bits per heavy atom. The van der Waals surface area contributed by atoms with Crippen molar-refractivity contribution in [3.05, 3.63) is 47.7 Å². The number of rotatable bonds is 4. The molecule has 0 saturated carbocycles. The van der Waals surface area contributed by atoms with Crippen molar-refractivity contribution in [3.8, 4) is 0 Å². The van der Waals surface area contributed by atoms with Gasteiger partial charge in [0.1, 0.15) is 6.26 Å². The minimum atomic E-state index is -0.208. The van der Waals surface area contributed by atoms with E-state index in [1.54, 1.807) is 31.2 Å². The average Bonchev–Trinajstić information content (AvgIpc) is 2.82. The number of anilines is 1. The Balaban J connectivity index is 1.93. The van der Waals surface area contributed by atoms with Crippen LogP contribution in [0.3, 0.4) is 0 Å². The smallest absolute Gasteiger partial charge is 0.251 e. The van der Waals surface area contributed by atoms with E-state index < -0.39 is 0 Å². The Labute approximate surface area is 116 Å². The van der Waals surface area contributed by atoms with Crippen LogP contribution < -0.4 is 10.6 Å². The lowest BCUT2D eigenvalue weighted by Crippen LogP contribution is -2.22. The van der Waals surface area contributed by atoms with Gasteiger partial charge in [0.05, 0.1) is 12.2 Å². The third-order valence-corrected chi connectivity index (χ3v) is 2.56. The maximum Gasteiger partial charge on any atom is 0.251 e. The van der Waals surface area contributed by atoms with Crippen LogP contribution in [0.1, 0.15) is 28.9 Å². The molecule has 2 amide bonds. The average molecular weight is 273 g/mol. The van der Waals surface area contributed by atoms with Gasteiger partial charge >= 0.3 is 0 Å². The standard InChI is InChI=1S/C14H15N3O3/c1-9(18)16-12-5-3-11(4-6-12)14(19)15-7-13-8-20-10(2)17-13/h3-6,8H,7H2,1-2H3,(H,15,19)(H,16,18). The monoisotopic (exact) mass is 273 g/mol. The molecule has 20 heavy (non-hydrogen) atoms. The minimum Gasteiger partial charge on any atom is -0.449 e. The zero-order valence-electron chi connectivity index (χ0n) is 11.3. The largest absolute Gasteiger partial charge is 0.449 e. The minimum absolute atomic E-state index is 0.149. The molecular weight excluding hydrogens is 258 g/mol. The first-order chi connectivity index (χ1) is 9.54. The predicted molar refractivity (Wildman–Crippen MR) is 73.2 cm³/mol. The number of nitrogens with zero attached hydrogens (tertiary/aromatic N) is 1. The summed E-state index contributed by atoms with van der Waals surface area (Å²) >= 11 is 0. The van der Waals surface area contributed by atoms with Crippen molar-refractivity contribution in [1.82, 2.24) is 10.3 Å². The Hall–Kier alpha value is -2.63. The topological polar surface area (TPSA) is 84.2 Å². The molecule has 0 unspecified atom stereocenters. The fraction of sp³-hybridized carbons (Fsp3) is 0.214. The molecule has 6 nitrogen and oxygen atoms in total. The van der Waals surface area contributed by atoms with E-state index in [-0.39, 0.29) is 11.8 Å². The zero-order valence-corrected chi connectivity index (χ0v) is 11.3. The number of amides is 2. The molecule has 0 spiro atoms. The van der Waals surface area contributed by atoms with Crippen molar-refractivity contribution < 1.29 is 14.0 Å². The van der Waals surface area contributed by atoms with Gasteiger partial charge in [-0.05, 0) is 24.3 Å². The SMILES string of the molecule is CC(=O)Nc1ccc(C(=O)NCc2coc(C)n2)cc1. The molecule has 104 valence electrons. The molecule has 0 aliphatic carbocycles. The van der Waals surface area contributed by atoms with E-state index in [0.717, 1.165) is 0 Å². The molecule has 0 bridgehead atoms. The van der Waals surface area contributed by atoms with Gasteiger partial charge in [-0.3, -0.25) is 9.59 Å². The molecule has 0 saturated heterocycles. The van der Waals surface area contributed by atoms with Crippen LogP contribution in [0.2, 0.25) is 0 Å². The van der Waals surface area contributed by atoms with E-state index in [1.165, 1.54) is 13.2 Å². The third-order valence-electron chi connectivity index (χ3n) is 2.56. The summed E-state index contributed by atoms with van der Waals surface area (Å²) in [7, 11) is 0. The van der Waals surface area contributed by atoms with Gasteiger partial charge in [0.2, 0.25) is 5.91 Å². The first-order valence-electron chi connectivity index (χ1n) is 6.11. The van der Waals surface area contributed by atoms with Crippen LogP contribution in [0.25, 0.3) is 0 Å². The van der Waals surface area contributed by atoms with Crippen LogP contribution in [-0.4, -0.2) is 16.8 Å². The Bertz CT molecular complexity index is 617. The van der Waals surface area contributed by atoms with Crippen LogP contribution in [-0.2, 0) is 11.3 Å². The first-order valence-corrected chi connectivity index (χ1v) is 6.11. The Morgan fingerprint density at radius 3 is 2.50 bits per heavy atom. The summed E-state index contributed by atoms with van der Waals surface area (Å²) in [5.74, 6) is 0.206. The maximum absolute atomic E-state index is 11.9. The fourth-order valence-electron chi connectivity index (χ4n) is 1.67. The van der Waals surface area contributed by atoms with E-state index in [2.05, 4.69) is 15.6 Å². The number of carbonyl (C=O) groups excluding carboxylic acids is 2. The molecule has 2 rings (SSSR count). The molecule has 6 heteroatoms. The first kappa shape index (κ1) is 13.8. The summed E-state index contributed by atoms with van der Waals surface area (Å²) in [6, 6.07) is 6.65. The maximum atomic E-state index is 11.9. The number of hydrogen-bond acceptors (Lipinski definition) is 4. The quantitative estimate of drug-likeness (QED) is 0.890. The van der Waals surface area contributed by atoms with Crippen molar-refractivity contribution in [3.63, 3.8) is 0 Å². The molecule has 0 fully saturated rings.